The molecule has 0 spiro atoms. The molecule has 0 radical (unpaired) electrons. The number of hydrogen-bond donors (Lipinski definition) is 7. The first kappa shape index (κ1) is 18.5. The summed E-state index contributed by atoms with van der Waals surface area (Å²) in [5, 5.41) is 48.0. The predicted octanol–water partition coefficient (Wildman–Crippen LogP) is -3.17. The smallest absolute Gasteiger partial charge is 0.100 e. The van der Waals surface area contributed by atoms with E-state index in [1.54, 1.807) is 0 Å². The van der Waals surface area contributed by atoms with Crippen LogP contribution in [0.15, 0.2) is 0 Å². The normalized spacial score (nSPS) is 9.23. The van der Waals surface area contributed by atoms with Crippen LogP contribution in [0.1, 0.15) is 0 Å². The van der Waals surface area contributed by atoms with Crippen LogP contribution in [0.5, 0.6) is 0 Å². The van der Waals surface area contributed by atoms with Crippen LogP contribution in [-0.4, -0.2) is 69.3 Å². The fourth-order valence-corrected chi connectivity index (χ4v) is 0.115. The highest BCUT2D eigenvalue weighted by atomic mass is 16.3. The van der Waals surface area contributed by atoms with E-state index in [1.807, 2.05) is 0 Å². The van der Waals surface area contributed by atoms with E-state index in [0.717, 1.165) is 0 Å². The molecule has 0 aromatic heterocycles. The van der Waals surface area contributed by atoms with Gasteiger partial charge in [-0.15, -0.1) is 0 Å². The average Bonchev–Trinajstić information content (AvgIpc) is 2.16. The molecule has 0 saturated carbocycles. The lowest BCUT2D eigenvalue weighted by atomic mass is 10.4. The van der Waals surface area contributed by atoms with Crippen molar-refractivity contribution in [2.75, 3.05) is 26.4 Å². The van der Waals surface area contributed by atoms with Gasteiger partial charge in [-0.3, -0.25) is 0 Å². The van der Waals surface area contributed by atoms with Gasteiger partial charge < -0.3 is 36.8 Å². The maximum atomic E-state index is 8.17. The summed E-state index contributed by atoms with van der Waals surface area (Å²) in [5.41, 5.74) is 0. The lowest BCUT2D eigenvalue weighted by Crippen LogP contribution is -2.15. The highest BCUT2D eigenvalue weighted by molar-refractivity contribution is 4.44. The third-order valence-electron chi connectivity index (χ3n) is 0.843. The van der Waals surface area contributed by atoms with E-state index in [1.165, 1.54) is 0 Å². The first-order valence-electron chi connectivity index (χ1n) is 3.41. The van der Waals surface area contributed by atoms with Crippen molar-refractivity contribution < 1.29 is 30.6 Å². The summed E-state index contributed by atoms with van der Waals surface area (Å²) < 4.78 is 0. The Kier molecular flexibility index (Phi) is 20.3. The van der Waals surface area contributed by atoms with E-state index in [0.29, 0.717) is 0 Å². The molecule has 0 heterocycles. The molecule has 0 atom stereocenters. The van der Waals surface area contributed by atoms with Crippen molar-refractivity contribution in [2.24, 2.45) is 0 Å². The van der Waals surface area contributed by atoms with Gasteiger partial charge in [0.25, 0.3) is 0 Å². The molecule has 0 fully saturated rings. The van der Waals surface area contributed by atoms with Crippen molar-refractivity contribution in [1.82, 2.24) is 6.15 Å². The Morgan fingerprint density at radius 1 is 0.615 bits per heavy atom. The Morgan fingerprint density at radius 2 is 0.769 bits per heavy atom. The third kappa shape index (κ3) is 18.6. The largest absolute Gasteiger partial charge is 0.394 e. The minimum absolute atomic E-state index is 0. The van der Waals surface area contributed by atoms with Crippen LogP contribution < -0.4 is 6.15 Å². The SMILES string of the molecule is N.OCC(O)CO.OCC(O)CO. The van der Waals surface area contributed by atoms with E-state index in [9.17, 15) is 0 Å². The van der Waals surface area contributed by atoms with Gasteiger partial charge >= 0.3 is 0 Å². The number of aliphatic hydroxyl groups is 6. The maximum Gasteiger partial charge on any atom is 0.100 e. The van der Waals surface area contributed by atoms with E-state index in [-0.39, 0.29) is 32.6 Å². The zero-order chi connectivity index (χ0) is 9.98. The quantitative estimate of drug-likeness (QED) is 0.253. The Bertz CT molecular complexity index is 65.5. The molecular formula is C6H19NO6. The van der Waals surface area contributed by atoms with Crippen molar-refractivity contribution in [3.8, 4) is 0 Å². The first-order valence-corrected chi connectivity index (χ1v) is 3.41. The molecule has 0 saturated heterocycles. The fourth-order valence-electron chi connectivity index (χ4n) is 0.115. The summed E-state index contributed by atoms with van der Waals surface area (Å²) in [6, 6.07) is 0. The summed E-state index contributed by atoms with van der Waals surface area (Å²) >= 11 is 0. The van der Waals surface area contributed by atoms with Crippen LogP contribution in [0.25, 0.3) is 0 Å². The molecule has 9 N–H and O–H groups in total. The van der Waals surface area contributed by atoms with Gasteiger partial charge in [-0.1, -0.05) is 0 Å². The molecule has 7 heteroatoms. The van der Waals surface area contributed by atoms with Gasteiger partial charge in [0.1, 0.15) is 12.2 Å². The highest BCUT2D eigenvalue weighted by Crippen LogP contribution is 1.72. The second kappa shape index (κ2) is 14.3. The molecule has 0 aromatic carbocycles. The summed E-state index contributed by atoms with van der Waals surface area (Å²) in [7, 11) is 0. The molecule has 84 valence electrons. The van der Waals surface area contributed by atoms with Crippen molar-refractivity contribution in [3.05, 3.63) is 0 Å². The number of rotatable bonds is 4. The fraction of sp³-hybridized carbons (Fsp3) is 1.00. The van der Waals surface area contributed by atoms with Crippen LogP contribution in [0, 0.1) is 0 Å². The first-order chi connectivity index (χ1) is 5.62. The lowest BCUT2D eigenvalue weighted by Gasteiger charge is -1.96. The van der Waals surface area contributed by atoms with Crippen LogP contribution in [0.3, 0.4) is 0 Å². The Balaban J connectivity index is -0.000000143. The van der Waals surface area contributed by atoms with E-state index >= 15 is 0 Å². The van der Waals surface area contributed by atoms with Crippen LogP contribution in [0.2, 0.25) is 0 Å². The van der Waals surface area contributed by atoms with Gasteiger partial charge in [0, 0.05) is 0 Å². The summed E-state index contributed by atoms with van der Waals surface area (Å²) in [6.45, 7) is -1.46. The molecule has 0 amide bonds. The third-order valence-corrected chi connectivity index (χ3v) is 0.843. The van der Waals surface area contributed by atoms with Crippen molar-refractivity contribution in [1.29, 1.82) is 0 Å². The Hall–Kier alpha value is -0.280. The molecule has 0 aliphatic heterocycles. The zero-order valence-corrected chi connectivity index (χ0v) is 7.37. The second-order valence-electron chi connectivity index (χ2n) is 2.04. The number of aliphatic hydroxyl groups excluding tert-OH is 6. The maximum absolute atomic E-state index is 8.17. The van der Waals surface area contributed by atoms with E-state index in [4.69, 9.17) is 30.6 Å². The molecule has 0 aromatic rings. The summed E-state index contributed by atoms with van der Waals surface area (Å²) in [4.78, 5) is 0. The molecule has 0 unspecified atom stereocenters. The molecule has 13 heavy (non-hydrogen) atoms. The van der Waals surface area contributed by atoms with Crippen LogP contribution in [0.4, 0.5) is 0 Å². The van der Waals surface area contributed by atoms with Crippen LogP contribution in [-0.2, 0) is 0 Å². The van der Waals surface area contributed by atoms with Gasteiger partial charge in [0.05, 0.1) is 26.4 Å². The molecule has 0 aliphatic carbocycles. The van der Waals surface area contributed by atoms with Gasteiger partial charge in [-0.05, 0) is 0 Å². The van der Waals surface area contributed by atoms with E-state index in [2.05, 4.69) is 0 Å². The summed E-state index contributed by atoms with van der Waals surface area (Å²) in [6.07, 6.45) is -1.91. The molecular weight excluding hydrogens is 182 g/mol. The minimum Gasteiger partial charge on any atom is -0.394 e. The van der Waals surface area contributed by atoms with Gasteiger partial charge in [-0.2, -0.15) is 0 Å². The zero-order valence-electron chi connectivity index (χ0n) is 7.37. The molecule has 0 rings (SSSR count). The van der Waals surface area contributed by atoms with Gasteiger partial charge in [-0.25, -0.2) is 0 Å². The molecule has 0 bridgehead atoms. The summed E-state index contributed by atoms with van der Waals surface area (Å²) in [5.74, 6) is 0. The molecule has 7 nitrogen and oxygen atoms in total. The predicted molar refractivity (Wildman–Crippen MR) is 45.4 cm³/mol. The van der Waals surface area contributed by atoms with E-state index < -0.39 is 12.2 Å². The van der Waals surface area contributed by atoms with Crippen LogP contribution >= 0.6 is 0 Å². The number of hydrogen-bond acceptors (Lipinski definition) is 7. The van der Waals surface area contributed by atoms with Gasteiger partial charge in [0.15, 0.2) is 0 Å². The van der Waals surface area contributed by atoms with Crippen molar-refractivity contribution in [3.63, 3.8) is 0 Å². The average molecular weight is 201 g/mol. The second-order valence-corrected chi connectivity index (χ2v) is 2.04. The highest BCUT2D eigenvalue weighted by Gasteiger charge is 1.94. The topological polar surface area (TPSA) is 156 Å². The molecule has 0 aliphatic rings. The Labute approximate surface area is 76.5 Å². The Morgan fingerprint density at radius 3 is 0.769 bits per heavy atom. The monoisotopic (exact) mass is 201 g/mol. The minimum atomic E-state index is -0.954. The lowest BCUT2D eigenvalue weighted by molar-refractivity contribution is 0.0450. The van der Waals surface area contributed by atoms with Gasteiger partial charge in [0.2, 0.25) is 0 Å². The van der Waals surface area contributed by atoms with Crippen molar-refractivity contribution in [2.45, 2.75) is 12.2 Å². The standard InChI is InChI=1S/2C3H8O3.H3N/c2*4-1-3(6)2-5;/h2*3-6H,1-2H2;1H3. The van der Waals surface area contributed by atoms with Crippen molar-refractivity contribution >= 4 is 0 Å².